The number of methoxy groups -OCH3 is 2. The molecule has 0 unspecified atom stereocenters. The lowest BCUT2D eigenvalue weighted by Gasteiger charge is -2.41. The van der Waals surface area contributed by atoms with Crippen molar-refractivity contribution in [2.75, 3.05) is 27.8 Å². The third-order valence-corrected chi connectivity index (χ3v) is 6.30. The molecule has 1 fully saturated rings. The Hall–Kier alpha value is -3.73. The molecule has 1 aliphatic carbocycles. The Bertz CT molecular complexity index is 1020. The first-order valence-corrected chi connectivity index (χ1v) is 11.0. The van der Waals surface area contributed by atoms with Gasteiger partial charge < -0.3 is 25.4 Å². The molecule has 174 valence electrons. The van der Waals surface area contributed by atoms with E-state index in [1.807, 2.05) is 36.5 Å². The van der Waals surface area contributed by atoms with Gasteiger partial charge in [-0.05, 0) is 43.9 Å². The number of nitrogens with one attached hydrogen (secondary N) is 3. The Morgan fingerprint density at radius 3 is 2.36 bits per heavy atom. The lowest BCUT2D eigenvalue weighted by molar-refractivity contribution is 0.0931. The Labute approximate surface area is 195 Å². The van der Waals surface area contributed by atoms with Gasteiger partial charge in [0.2, 0.25) is 12.2 Å². The summed E-state index contributed by atoms with van der Waals surface area (Å²) in [6.07, 6.45) is 5.19. The standard InChI is InChI=1S/C25H31N5O3/c1-27-24(29-17-26)30-18-12-14-25(15-13-18,20-9-5-7-11-22(20)33-3)16-28-23(31)19-8-4-6-10-21(19)32-2/h4-11,18H,12-16H2,1-3H3,(H,28,31)(H2,27,29,30)/t18-,25+. The van der Waals surface area contributed by atoms with Crippen LogP contribution in [0.15, 0.2) is 53.5 Å². The van der Waals surface area contributed by atoms with Gasteiger partial charge >= 0.3 is 0 Å². The molecule has 2 aromatic rings. The summed E-state index contributed by atoms with van der Waals surface area (Å²) >= 11 is 0. The van der Waals surface area contributed by atoms with Crippen molar-refractivity contribution in [1.82, 2.24) is 16.0 Å². The van der Waals surface area contributed by atoms with Crippen molar-refractivity contribution < 1.29 is 14.3 Å². The van der Waals surface area contributed by atoms with E-state index in [0.29, 0.717) is 23.8 Å². The third-order valence-electron chi connectivity index (χ3n) is 6.30. The molecule has 3 N–H and O–H groups in total. The van der Waals surface area contributed by atoms with Crippen molar-refractivity contribution in [2.24, 2.45) is 4.99 Å². The SMILES string of the molecule is CN/C(=N\C#N)N[C@H]1CC[C@@](CNC(=O)c2ccccc2OC)(c2ccccc2OC)CC1. The maximum atomic E-state index is 13.0. The molecule has 3 rings (SSSR count). The largest absolute Gasteiger partial charge is 0.496 e. The summed E-state index contributed by atoms with van der Waals surface area (Å²) in [6.45, 7) is 0.474. The number of amides is 1. The fraction of sp³-hybridized carbons (Fsp3) is 0.400. The fourth-order valence-electron chi connectivity index (χ4n) is 4.52. The van der Waals surface area contributed by atoms with Crippen molar-refractivity contribution in [1.29, 1.82) is 5.26 Å². The molecule has 0 spiro atoms. The van der Waals surface area contributed by atoms with Gasteiger partial charge in [-0.15, -0.1) is 4.99 Å². The van der Waals surface area contributed by atoms with Crippen LogP contribution in [0.1, 0.15) is 41.6 Å². The van der Waals surface area contributed by atoms with Crippen molar-refractivity contribution in [3.8, 4) is 17.7 Å². The number of carbonyl (C=O) groups excluding carboxylic acids is 1. The molecule has 8 heteroatoms. The molecule has 1 saturated carbocycles. The summed E-state index contributed by atoms with van der Waals surface area (Å²) in [5.74, 6) is 1.67. The van der Waals surface area contributed by atoms with E-state index >= 15 is 0 Å². The topological polar surface area (TPSA) is 108 Å². The van der Waals surface area contributed by atoms with Crippen molar-refractivity contribution in [3.63, 3.8) is 0 Å². The lowest BCUT2D eigenvalue weighted by atomic mass is 9.67. The van der Waals surface area contributed by atoms with Gasteiger partial charge in [0.1, 0.15) is 11.5 Å². The summed E-state index contributed by atoms with van der Waals surface area (Å²) in [5.41, 5.74) is 1.32. The number of nitrogens with zero attached hydrogens (tertiary/aromatic N) is 2. The first-order valence-electron chi connectivity index (χ1n) is 11.0. The predicted octanol–water partition coefficient (Wildman–Crippen LogP) is 2.96. The van der Waals surface area contributed by atoms with E-state index < -0.39 is 0 Å². The van der Waals surface area contributed by atoms with E-state index in [2.05, 4.69) is 27.0 Å². The van der Waals surface area contributed by atoms with Crippen molar-refractivity contribution >= 4 is 11.9 Å². The Kier molecular flexibility index (Phi) is 8.14. The normalized spacial score (nSPS) is 20.3. The second-order valence-corrected chi connectivity index (χ2v) is 8.09. The maximum absolute atomic E-state index is 13.0. The van der Waals surface area contributed by atoms with Gasteiger partial charge in [-0.25, -0.2) is 0 Å². The number of carbonyl (C=O) groups is 1. The van der Waals surface area contributed by atoms with Gasteiger partial charge in [-0.1, -0.05) is 30.3 Å². The molecule has 8 nitrogen and oxygen atoms in total. The number of aliphatic imine (C=N–C) groups is 1. The quantitative estimate of drug-likeness (QED) is 0.341. The Balaban J connectivity index is 1.82. The van der Waals surface area contributed by atoms with Crippen LogP contribution in [-0.2, 0) is 5.41 Å². The number of guanidine groups is 1. The second kappa shape index (κ2) is 11.2. The van der Waals surface area contributed by atoms with E-state index in [1.54, 1.807) is 33.4 Å². The third kappa shape index (κ3) is 5.55. The molecule has 0 aromatic heterocycles. The number of hydrogen-bond donors (Lipinski definition) is 3. The summed E-state index contributed by atoms with van der Waals surface area (Å²) < 4.78 is 11.0. The maximum Gasteiger partial charge on any atom is 0.255 e. The van der Waals surface area contributed by atoms with Crippen molar-refractivity contribution in [2.45, 2.75) is 37.1 Å². The Morgan fingerprint density at radius 2 is 1.73 bits per heavy atom. The van der Waals surface area contributed by atoms with Crippen LogP contribution in [0.25, 0.3) is 0 Å². The average molecular weight is 450 g/mol. The van der Waals surface area contributed by atoms with Gasteiger partial charge in [0.05, 0.1) is 19.8 Å². The zero-order valence-corrected chi connectivity index (χ0v) is 19.4. The summed E-state index contributed by atoms with van der Waals surface area (Å²) in [7, 11) is 4.97. The molecule has 0 bridgehead atoms. The minimum absolute atomic E-state index is 0.166. The highest BCUT2D eigenvalue weighted by molar-refractivity contribution is 5.97. The molecule has 1 aliphatic rings. The molecule has 0 radical (unpaired) electrons. The molecule has 0 atom stereocenters. The first-order chi connectivity index (χ1) is 16.1. The predicted molar refractivity (Wildman–Crippen MR) is 127 cm³/mol. The molecular weight excluding hydrogens is 418 g/mol. The van der Waals surface area contributed by atoms with Crippen LogP contribution in [0.2, 0.25) is 0 Å². The highest BCUT2D eigenvalue weighted by Gasteiger charge is 2.39. The zero-order chi connectivity index (χ0) is 23.7. The number of ether oxygens (including phenoxy) is 2. The van der Waals surface area contributed by atoms with E-state index in [1.165, 1.54) is 0 Å². The van der Waals surface area contributed by atoms with Gasteiger partial charge in [0.15, 0.2) is 0 Å². The van der Waals surface area contributed by atoms with Crippen LogP contribution >= 0.6 is 0 Å². The van der Waals surface area contributed by atoms with E-state index in [4.69, 9.17) is 14.7 Å². The molecule has 0 heterocycles. The summed E-state index contributed by atoms with van der Waals surface area (Å²) in [5, 5.41) is 18.2. The second-order valence-electron chi connectivity index (χ2n) is 8.09. The molecular formula is C25H31N5O3. The summed E-state index contributed by atoms with van der Waals surface area (Å²) in [6, 6.07) is 15.4. The number of nitriles is 1. The molecule has 1 amide bonds. The van der Waals surface area contributed by atoms with Gasteiger partial charge in [0, 0.05) is 30.6 Å². The van der Waals surface area contributed by atoms with Gasteiger partial charge in [-0.3, -0.25) is 4.79 Å². The van der Waals surface area contributed by atoms with Crippen LogP contribution in [0.3, 0.4) is 0 Å². The highest BCUT2D eigenvalue weighted by Crippen LogP contribution is 2.43. The number of para-hydroxylation sites is 2. The number of hydrogen-bond acceptors (Lipinski definition) is 5. The molecule has 0 aliphatic heterocycles. The monoisotopic (exact) mass is 449 g/mol. The Morgan fingerprint density at radius 1 is 1.09 bits per heavy atom. The first kappa shape index (κ1) is 23.9. The van der Waals surface area contributed by atoms with Crippen LogP contribution < -0.4 is 25.4 Å². The number of benzene rings is 2. The van der Waals surface area contributed by atoms with Crippen LogP contribution in [-0.4, -0.2) is 45.7 Å². The minimum atomic E-state index is -0.283. The molecule has 2 aromatic carbocycles. The minimum Gasteiger partial charge on any atom is -0.496 e. The smallest absolute Gasteiger partial charge is 0.255 e. The van der Waals surface area contributed by atoms with Crippen LogP contribution in [0, 0.1) is 11.5 Å². The fourth-order valence-corrected chi connectivity index (χ4v) is 4.52. The summed E-state index contributed by atoms with van der Waals surface area (Å²) in [4.78, 5) is 16.8. The molecule has 0 saturated heterocycles. The number of rotatable bonds is 7. The molecule has 33 heavy (non-hydrogen) atoms. The highest BCUT2D eigenvalue weighted by atomic mass is 16.5. The zero-order valence-electron chi connectivity index (χ0n) is 19.4. The van der Waals surface area contributed by atoms with E-state index in [-0.39, 0.29) is 17.4 Å². The van der Waals surface area contributed by atoms with Crippen LogP contribution in [0.4, 0.5) is 0 Å². The van der Waals surface area contributed by atoms with E-state index in [0.717, 1.165) is 37.0 Å². The van der Waals surface area contributed by atoms with Crippen LogP contribution in [0.5, 0.6) is 11.5 Å². The van der Waals surface area contributed by atoms with Gasteiger partial charge in [-0.2, -0.15) is 5.26 Å². The van der Waals surface area contributed by atoms with E-state index in [9.17, 15) is 4.79 Å². The average Bonchev–Trinajstić information content (AvgIpc) is 2.87. The van der Waals surface area contributed by atoms with Crippen molar-refractivity contribution in [3.05, 3.63) is 59.7 Å². The lowest BCUT2D eigenvalue weighted by Crippen LogP contribution is -2.49. The van der Waals surface area contributed by atoms with Gasteiger partial charge in [0.25, 0.3) is 5.91 Å².